The fourth-order valence-corrected chi connectivity index (χ4v) is 2.59. The van der Waals surface area contributed by atoms with E-state index in [4.69, 9.17) is 0 Å². The first kappa shape index (κ1) is 17.0. The number of amides is 3. The number of nitrogens with zero attached hydrogens (tertiary/aromatic N) is 1. The van der Waals surface area contributed by atoms with Crippen LogP contribution in [-0.2, 0) is 14.4 Å². The molecule has 0 aliphatic carbocycles. The molecule has 0 atom stereocenters. The zero-order chi connectivity index (χ0) is 16.8. The van der Waals surface area contributed by atoms with E-state index >= 15 is 0 Å². The minimum Gasteiger partial charge on any atom is -0.342 e. The number of piperidine rings is 1. The van der Waals surface area contributed by atoms with Gasteiger partial charge in [-0.25, -0.2) is 0 Å². The summed E-state index contributed by atoms with van der Waals surface area (Å²) in [5, 5.41) is 5.35. The molecule has 1 aliphatic rings. The van der Waals surface area contributed by atoms with E-state index < -0.39 is 0 Å². The summed E-state index contributed by atoms with van der Waals surface area (Å²) in [7, 11) is 0. The Kier molecular flexibility index (Phi) is 5.73. The molecule has 1 aliphatic heterocycles. The lowest BCUT2D eigenvalue weighted by atomic mass is 9.99. The van der Waals surface area contributed by atoms with Crippen molar-refractivity contribution >= 4 is 29.1 Å². The van der Waals surface area contributed by atoms with Gasteiger partial charge in [0.05, 0.1) is 0 Å². The maximum atomic E-state index is 12.1. The molecule has 2 N–H and O–H groups in total. The molecule has 1 aromatic carbocycles. The number of hydrogen-bond acceptors (Lipinski definition) is 3. The second-order valence-corrected chi connectivity index (χ2v) is 6.05. The third kappa shape index (κ3) is 5.39. The van der Waals surface area contributed by atoms with E-state index in [1.54, 1.807) is 29.2 Å². The normalized spacial score (nSPS) is 15.1. The van der Waals surface area contributed by atoms with Gasteiger partial charge >= 0.3 is 0 Å². The van der Waals surface area contributed by atoms with E-state index in [0.29, 0.717) is 17.3 Å². The SMILES string of the molecule is CC(=O)Nc1cccc(NC(=O)CC(=O)N2CCC(C)CC2)c1. The molecule has 1 heterocycles. The van der Waals surface area contributed by atoms with Gasteiger partial charge in [-0.2, -0.15) is 0 Å². The van der Waals surface area contributed by atoms with Gasteiger partial charge in [0, 0.05) is 31.4 Å². The Balaban J connectivity index is 1.87. The van der Waals surface area contributed by atoms with Gasteiger partial charge in [-0.05, 0) is 37.0 Å². The van der Waals surface area contributed by atoms with Crippen LogP contribution in [0.5, 0.6) is 0 Å². The van der Waals surface area contributed by atoms with E-state index in [1.165, 1.54) is 6.92 Å². The van der Waals surface area contributed by atoms with Crippen LogP contribution < -0.4 is 10.6 Å². The lowest BCUT2D eigenvalue weighted by Crippen LogP contribution is -2.39. The van der Waals surface area contributed by atoms with Crippen LogP contribution in [0.15, 0.2) is 24.3 Å². The van der Waals surface area contributed by atoms with Crippen LogP contribution in [0.1, 0.15) is 33.1 Å². The minimum atomic E-state index is -0.339. The molecular weight excluding hydrogens is 294 g/mol. The number of anilines is 2. The number of benzene rings is 1. The first-order chi connectivity index (χ1) is 10.9. The first-order valence-corrected chi connectivity index (χ1v) is 7.89. The second-order valence-electron chi connectivity index (χ2n) is 6.05. The molecular formula is C17H23N3O3. The topological polar surface area (TPSA) is 78.5 Å². The van der Waals surface area contributed by atoms with E-state index in [1.807, 2.05) is 0 Å². The summed E-state index contributed by atoms with van der Waals surface area (Å²) < 4.78 is 0. The molecule has 0 saturated carbocycles. The fraction of sp³-hybridized carbons (Fsp3) is 0.471. The molecule has 0 radical (unpaired) electrons. The van der Waals surface area contributed by atoms with Crippen molar-refractivity contribution in [2.75, 3.05) is 23.7 Å². The highest BCUT2D eigenvalue weighted by Gasteiger charge is 2.22. The van der Waals surface area contributed by atoms with Crippen molar-refractivity contribution in [3.63, 3.8) is 0 Å². The molecule has 0 spiro atoms. The Morgan fingerprint density at radius 2 is 1.74 bits per heavy atom. The number of rotatable bonds is 4. The number of carbonyl (C=O) groups is 3. The highest BCUT2D eigenvalue weighted by Crippen LogP contribution is 2.18. The van der Waals surface area contributed by atoms with Crippen molar-refractivity contribution in [3.8, 4) is 0 Å². The van der Waals surface area contributed by atoms with Crippen molar-refractivity contribution < 1.29 is 14.4 Å². The standard InChI is InChI=1S/C17H23N3O3/c1-12-6-8-20(9-7-12)17(23)11-16(22)19-15-5-3-4-14(10-15)18-13(2)21/h3-5,10,12H,6-9,11H2,1-2H3,(H,18,21)(H,19,22). The lowest BCUT2D eigenvalue weighted by molar-refractivity contribution is -0.135. The first-order valence-electron chi connectivity index (χ1n) is 7.89. The van der Waals surface area contributed by atoms with E-state index in [2.05, 4.69) is 17.6 Å². The van der Waals surface area contributed by atoms with Crippen LogP contribution in [0.3, 0.4) is 0 Å². The third-order valence-corrected chi connectivity index (χ3v) is 3.91. The zero-order valence-electron chi connectivity index (χ0n) is 13.6. The average Bonchev–Trinajstić information content (AvgIpc) is 2.47. The summed E-state index contributed by atoms with van der Waals surface area (Å²) in [5.74, 6) is -0.00612. The summed E-state index contributed by atoms with van der Waals surface area (Å²) in [4.78, 5) is 36.9. The predicted molar refractivity (Wildman–Crippen MR) is 89.0 cm³/mol. The zero-order valence-corrected chi connectivity index (χ0v) is 13.6. The van der Waals surface area contributed by atoms with Gasteiger partial charge in [0.15, 0.2) is 0 Å². The minimum absolute atomic E-state index is 0.132. The molecule has 124 valence electrons. The lowest BCUT2D eigenvalue weighted by Gasteiger charge is -2.30. The van der Waals surface area contributed by atoms with Gasteiger partial charge in [-0.15, -0.1) is 0 Å². The molecule has 6 heteroatoms. The van der Waals surface area contributed by atoms with Gasteiger partial charge in [0.1, 0.15) is 6.42 Å². The van der Waals surface area contributed by atoms with Gasteiger partial charge in [0.2, 0.25) is 17.7 Å². The van der Waals surface area contributed by atoms with Gasteiger partial charge in [-0.3, -0.25) is 14.4 Å². The maximum absolute atomic E-state index is 12.1. The predicted octanol–water partition coefficient (Wildman–Crippen LogP) is 2.23. The van der Waals surface area contributed by atoms with E-state index in [-0.39, 0.29) is 24.1 Å². The summed E-state index contributed by atoms with van der Waals surface area (Å²) in [6, 6.07) is 6.84. The number of hydrogen-bond donors (Lipinski definition) is 2. The van der Waals surface area contributed by atoms with E-state index in [9.17, 15) is 14.4 Å². The highest BCUT2D eigenvalue weighted by molar-refractivity contribution is 6.04. The smallest absolute Gasteiger partial charge is 0.233 e. The molecule has 3 amide bonds. The molecule has 1 aromatic rings. The third-order valence-electron chi connectivity index (χ3n) is 3.91. The van der Waals surface area contributed by atoms with Crippen LogP contribution in [0.2, 0.25) is 0 Å². The summed E-state index contributed by atoms with van der Waals surface area (Å²) in [6.07, 6.45) is 1.83. The largest absolute Gasteiger partial charge is 0.342 e. The van der Waals surface area contributed by atoms with Crippen molar-refractivity contribution in [1.82, 2.24) is 4.90 Å². The van der Waals surface area contributed by atoms with Crippen molar-refractivity contribution in [2.24, 2.45) is 5.92 Å². The van der Waals surface area contributed by atoms with Crippen LogP contribution >= 0.6 is 0 Å². The number of carbonyl (C=O) groups excluding carboxylic acids is 3. The van der Waals surface area contributed by atoms with Crippen molar-refractivity contribution in [2.45, 2.75) is 33.1 Å². The Bertz CT molecular complexity index is 593. The Labute approximate surface area is 136 Å². The Hall–Kier alpha value is -2.37. The summed E-state index contributed by atoms with van der Waals surface area (Å²) in [6.45, 7) is 5.05. The molecule has 0 aromatic heterocycles. The van der Waals surface area contributed by atoms with Gasteiger partial charge in [-0.1, -0.05) is 13.0 Å². The molecule has 6 nitrogen and oxygen atoms in total. The van der Waals surface area contributed by atoms with Gasteiger partial charge in [0.25, 0.3) is 0 Å². The monoisotopic (exact) mass is 317 g/mol. The molecule has 1 saturated heterocycles. The number of likely N-dealkylation sites (tertiary alicyclic amines) is 1. The molecule has 23 heavy (non-hydrogen) atoms. The van der Waals surface area contributed by atoms with Crippen LogP contribution in [-0.4, -0.2) is 35.7 Å². The van der Waals surface area contributed by atoms with E-state index in [0.717, 1.165) is 25.9 Å². The van der Waals surface area contributed by atoms with Crippen molar-refractivity contribution in [1.29, 1.82) is 0 Å². The van der Waals surface area contributed by atoms with Gasteiger partial charge < -0.3 is 15.5 Å². The number of nitrogens with one attached hydrogen (secondary N) is 2. The second kappa shape index (κ2) is 7.76. The Morgan fingerprint density at radius 3 is 2.35 bits per heavy atom. The van der Waals surface area contributed by atoms with Crippen LogP contribution in [0, 0.1) is 5.92 Å². The van der Waals surface area contributed by atoms with Crippen LogP contribution in [0.25, 0.3) is 0 Å². The molecule has 1 fully saturated rings. The molecule has 0 bridgehead atoms. The van der Waals surface area contributed by atoms with Crippen LogP contribution in [0.4, 0.5) is 11.4 Å². The quantitative estimate of drug-likeness (QED) is 0.836. The summed E-state index contributed by atoms with van der Waals surface area (Å²) >= 11 is 0. The Morgan fingerprint density at radius 1 is 1.13 bits per heavy atom. The summed E-state index contributed by atoms with van der Waals surface area (Å²) in [5.41, 5.74) is 1.16. The van der Waals surface area contributed by atoms with Crippen molar-refractivity contribution in [3.05, 3.63) is 24.3 Å². The average molecular weight is 317 g/mol. The highest BCUT2D eigenvalue weighted by atomic mass is 16.2. The molecule has 2 rings (SSSR count). The fourth-order valence-electron chi connectivity index (χ4n) is 2.59. The molecule has 0 unspecified atom stereocenters. The maximum Gasteiger partial charge on any atom is 0.233 e.